The van der Waals surface area contributed by atoms with Crippen LogP contribution in [0.4, 0.5) is 5.82 Å². The Morgan fingerprint density at radius 1 is 1.40 bits per heavy atom. The third-order valence-electron chi connectivity index (χ3n) is 5.80. The highest BCUT2D eigenvalue weighted by atomic mass is 16.2. The third kappa shape index (κ3) is 2.88. The maximum atomic E-state index is 12.2. The maximum absolute atomic E-state index is 12.2. The van der Waals surface area contributed by atoms with Gasteiger partial charge < -0.3 is 20.2 Å². The summed E-state index contributed by atoms with van der Waals surface area (Å²) in [4.78, 5) is 28.4. The van der Waals surface area contributed by atoms with Crippen LogP contribution in [0, 0.1) is 17.2 Å². The van der Waals surface area contributed by atoms with Gasteiger partial charge in [0.05, 0.1) is 5.39 Å². The molecule has 7 heteroatoms. The molecule has 2 fully saturated rings. The lowest BCUT2D eigenvalue weighted by Gasteiger charge is -2.28. The van der Waals surface area contributed by atoms with E-state index >= 15 is 0 Å². The Bertz CT molecular complexity index is 773. The number of aromatic amines is 1. The lowest BCUT2D eigenvalue weighted by molar-refractivity contribution is -0.130. The fourth-order valence-corrected chi connectivity index (χ4v) is 4.45. The van der Waals surface area contributed by atoms with Crippen LogP contribution in [0.1, 0.15) is 25.7 Å². The van der Waals surface area contributed by atoms with E-state index in [1.54, 1.807) is 6.33 Å². The van der Waals surface area contributed by atoms with Gasteiger partial charge in [0.1, 0.15) is 17.8 Å². The molecule has 3 atom stereocenters. The van der Waals surface area contributed by atoms with Crippen LogP contribution in [0.5, 0.6) is 0 Å². The van der Waals surface area contributed by atoms with Gasteiger partial charge in [-0.3, -0.25) is 4.79 Å². The monoisotopic (exact) mass is 340 g/mol. The van der Waals surface area contributed by atoms with Crippen molar-refractivity contribution in [1.82, 2.24) is 19.9 Å². The molecule has 2 aliphatic rings. The average Bonchev–Trinajstić information content (AvgIpc) is 3.31. The van der Waals surface area contributed by atoms with Crippen LogP contribution in [0.3, 0.4) is 0 Å². The fourth-order valence-electron chi connectivity index (χ4n) is 4.45. The summed E-state index contributed by atoms with van der Waals surface area (Å²) >= 11 is 0. The quantitative estimate of drug-likeness (QED) is 0.816. The fraction of sp³-hybridized carbons (Fsp3) is 0.556. The summed E-state index contributed by atoms with van der Waals surface area (Å²) in [5.74, 6) is 2.35. The molecule has 132 valence electrons. The molecule has 1 aliphatic heterocycles. The van der Waals surface area contributed by atoms with E-state index in [1.807, 2.05) is 17.2 Å². The molecular formula is C18H24N6O. The van der Waals surface area contributed by atoms with Crippen molar-refractivity contribution in [1.29, 1.82) is 5.41 Å². The molecule has 1 aliphatic carbocycles. The normalized spacial score (nSPS) is 25.3. The van der Waals surface area contributed by atoms with Crippen molar-refractivity contribution in [2.24, 2.45) is 11.8 Å². The number of nitrogens with zero attached hydrogens (tertiary/aromatic N) is 4. The summed E-state index contributed by atoms with van der Waals surface area (Å²) in [7, 11) is 2.12. The Kier molecular flexibility index (Phi) is 4.15. The molecule has 0 aromatic carbocycles. The van der Waals surface area contributed by atoms with Crippen molar-refractivity contribution in [3.05, 3.63) is 18.6 Å². The summed E-state index contributed by atoms with van der Waals surface area (Å²) in [6, 6.07) is 2.49. The minimum atomic E-state index is 0.202. The Balaban J connectivity index is 1.42. The first-order chi connectivity index (χ1) is 12.2. The van der Waals surface area contributed by atoms with E-state index in [9.17, 15) is 4.79 Å². The smallest absolute Gasteiger partial charge is 0.222 e. The standard InChI is InChI=1S/C18H24N6O/c1-23(18-15-4-6-20-17(15)21-11-22-18)14-7-12-9-24(10-13(12)8-14)16(25)3-2-5-19/h4-6,11-14,19H,2-3,7-10H2,1H3,(H,20,21,22)/t12-,13+,14-. The molecule has 0 spiro atoms. The second-order valence-electron chi connectivity index (χ2n) is 7.24. The summed E-state index contributed by atoms with van der Waals surface area (Å²) in [5.41, 5.74) is 0.873. The van der Waals surface area contributed by atoms with Gasteiger partial charge in [0, 0.05) is 38.8 Å². The van der Waals surface area contributed by atoms with Crippen molar-refractivity contribution in [3.63, 3.8) is 0 Å². The predicted molar refractivity (Wildman–Crippen MR) is 96.9 cm³/mol. The Morgan fingerprint density at radius 2 is 2.16 bits per heavy atom. The molecule has 1 saturated heterocycles. The first-order valence-corrected chi connectivity index (χ1v) is 8.95. The maximum Gasteiger partial charge on any atom is 0.222 e. The van der Waals surface area contributed by atoms with E-state index in [1.165, 1.54) is 6.21 Å². The minimum absolute atomic E-state index is 0.202. The predicted octanol–water partition coefficient (Wildman–Crippen LogP) is 2.06. The third-order valence-corrected chi connectivity index (χ3v) is 5.80. The van der Waals surface area contributed by atoms with Crippen LogP contribution >= 0.6 is 0 Å². The number of carbonyl (C=O) groups is 1. The van der Waals surface area contributed by atoms with Crippen LogP contribution in [0.2, 0.25) is 0 Å². The number of fused-ring (bicyclic) bond motifs is 2. The van der Waals surface area contributed by atoms with Gasteiger partial charge in [-0.25, -0.2) is 9.97 Å². The molecule has 2 aromatic heterocycles. The molecular weight excluding hydrogens is 316 g/mol. The van der Waals surface area contributed by atoms with Crippen molar-refractivity contribution in [2.45, 2.75) is 31.7 Å². The topological polar surface area (TPSA) is 89.0 Å². The summed E-state index contributed by atoms with van der Waals surface area (Å²) in [5, 5.41) is 8.14. The zero-order valence-corrected chi connectivity index (χ0v) is 14.5. The molecule has 1 saturated carbocycles. The minimum Gasteiger partial charge on any atom is -0.356 e. The Hall–Kier alpha value is -2.44. The second-order valence-corrected chi connectivity index (χ2v) is 7.24. The number of anilines is 1. The average molecular weight is 340 g/mol. The van der Waals surface area contributed by atoms with Crippen LogP contribution < -0.4 is 4.90 Å². The molecule has 7 nitrogen and oxygen atoms in total. The van der Waals surface area contributed by atoms with Crippen molar-refractivity contribution < 1.29 is 4.79 Å². The van der Waals surface area contributed by atoms with Crippen molar-refractivity contribution in [3.8, 4) is 0 Å². The van der Waals surface area contributed by atoms with Gasteiger partial charge in [-0.2, -0.15) is 0 Å². The van der Waals surface area contributed by atoms with E-state index in [-0.39, 0.29) is 5.91 Å². The zero-order chi connectivity index (χ0) is 17.4. The largest absolute Gasteiger partial charge is 0.356 e. The number of amides is 1. The zero-order valence-electron chi connectivity index (χ0n) is 14.5. The van der Waals surface area contributed by atoms with E-state index < -0.39 is 0 Å². The number of hydrogen-bond donors (Lipinski definition) is 2. The number of aromatic nitrogens is 3. The second kappa shape index (κ2) is 6.46. The number of likely N-dealkylation sites (tertiary alicyclic amines) is 1. The van der Waals surface area contributed by atoms with E-state index in [4.69, 9.17) is 5.41 Å². The van der Waals surface area contributed by atoms with Crippen LogP contribution in [0.15, 0.2) is 18.6 Å². The summed E-state index contributed by atoms with van der Waals surface area (Å²) in [6.45, 7) is 1.74. The van der Waals surface area contributed by atoms with E-state index in [2.05, 4.69) is 26.9 Å². The van der Waals surface area contributed by atoms with E-state index in [0.717, 1.165) is 42.8 Å². The molecule has 2 N–H and O–H groups in total. The van der Waals surface area contributed by atoms with Gasteiger partial charge in [-0.1, -0.05) is 0 Å². The highest BCUT2D eigenvalue weighted by molar-refractivity contribution is 5.87. The SMILES string of the molecule is CN(c1ncnc2[nH]ccc12)[C@@H]1C[C@@H]2CN(C(=O)CCC=N)C[C@@H]2C1. The van der Waals surface area contributed by atoms with Gasteiger partial charge in [0.15, 0.2) is 0 Å². The highest BCUT2D eigenvalue weighted by Crippen LogP contribution is 2.41. The van der Waals surface area contributed by atoms with Gasteiger partial charge in [-0.05, 0) is 43.4 Å². The molecule has 0 radical (unpaired) electrons. The van der Waals surface area contributed by atoms with Crippen molar-refractivity contribution in [2.75, 3.05) is 25.0 Å². The van der Waals surface area contributed by atoms with Crippen molar-refractivity contribution >= 4 is 29.0 Å². The molecule has 4 rings (SSSR count). The van der Waals surface area contributed by atoms with E-state index in [0.29, 0.717) is 30.7 Å². The van der Waals surface area contributed by atoms with Gasteiger partial charge in [0.25, 0.3) is 0 Å². The van der Waals surface area contributed by atoms with Crippen LogP contribution in [0.25, 0.3) is 11.0 Å². The van der Waals surface area contributed by atoms with Crippen LogP contribution in [-0.4, -0.2) is 58.2 Å². The molecule has 2 aromatic rings. The lowest BCUT2D eigenvalue weighted by atomic mass is 10.0. The number of nitrogens with one attached hydrogen (secondary N) is 2. The van der Waals surface area contributed by atoms with Crippen LogP contribution in [-0.2, 0) is 4.79 Å². The highest BCUT2D eigenvalue weighted by Gasteiger charge is 2.43. The number of H-pyrrole nitrogens is 1. The van der Waals surface area contributed by atoms with Gasteiger partial charge in [-0.15, -0.1) is 0 Å². The lowest BCUT2D eigenvalue weighted by Crippen LogP contribution is -2.34. The molecule has 0 bridgehead atoms. The number of carbonyl (C=O) groups excluding carboxylic acids is 1. The molecule has 3 heterocycles. The summed E-state index contributed by atoms with van der Waals surface area (Å²) < 4.78 is 0. The first kappa shape index (κ1) is 16.1. The number of rotatable bonds is 5. The molecule has 25 heavy (non-hydrogen) atoms. The Labute approximate surface area is 146 Å². The van der Waals surface area contributed by atoms with Gasteiger partial charge >= 0.3 is 0 Å². The molecule has 1 amide bonds. The number of hydrogen-bond acceptors (Lipinski definition) is 5. The Morgan fingerprint density at radius 3 is 2.88 bits per heavy atom. The summed E-state index contributed by atoms with van der Waals surface area (Å²) in [6.07, 6.45) is 8.07. The first-order valence-electron chi connectivity index (χ1n) is 8.95. The molecule has 0 unspecified atom stereocenters. The van der Waals surface area contributed by atoms with Gasteiger partial charge in [0.2, 0.25) is 5.91 Å².